The van der Waals surface area contributed by atoms with Gasteiger partial charge in [-0.2, -0.15) is 0 Å². The molecule has 0 aliphatic heterocycles. The zero-order valence-corrected chi connectivity index (χ0v) is 12.2. The Morgan fingerprint density at radius 1 is 1.11 bits per heavy atom. The maximum absolute atomic E-state index is 7.75. The van der Waals surface area contributed by atoms with Gasteiger partial charge in [0, 0.05) is 11.9 Å². The van der Waals surface area contributed by atoms with E-state index < -0.39 is 0 Å². The van der Waals surface area contributed by atoms with Crippen LogP contribution in [0.15, 0.2) is 42.6 Å². The van der Waals surface area contributed by atoms with Crippen molar-refractivity contribution in [3.8, 4) is 11.4 Å². The summed E-state index contributed by atoms with van der Waals surface area (Å²) in [5, 5.41) is 0. The molecule has 0 radical (unpaired) electrons. The minimum atomic E-state index is 0.709. The summed E-state index contributed by atoms with van der Waals surface area (Å²) in [7, 11) is 4.61. The molecule has 0 aliphatic rings. The summed E-state index contributed by atoms with van der Waals surface area (Å²) in [5.74, 6) is 0. The van der Waals surface area contributed by atoms with E-state index in [9.17, 15) is 0 Å². The number of rotatable bonds is 2. The first kappa shape index (κ1) is 16.9. The standard InChI is InChI=1S/C12H11N2.CHO.ClH.Ru.H/c1-2-10-6-5-8-12(14-10)11-7-3-4-9-13-11;1-2;;;/h3-9H,1-2H2;1H;1H;;/q2*-1;;+3;/p-1. The first-order valence-corrected chi connectivity index (χ1v) is 7.34. The summed E-state index contributed by atoms with van der Waals surface area (Å²) in [4.78, 5) is 16.4. The van der Waals surface area contributed by atoms with E-state index in [0.717, 1.165) is 17.1 Å². The summed E-state index contributed by atoms with van der Waals surface area (Å²) in [5.41, 5.74) is 2.81. The van der Waals surface area contributed by atoms with Crippen molar-refractivity contribution >= 4 is 16.5 Å². The predicted octanol–water partition coefficient (Wildman–Crippen LogP) is 2.67. The van der Waals surface area contributed by atoms with E-state index in [1.54, 1.807) is 23.5 Å². The molecule has 0 saturated heterocycles. The number of hydrogen-bond acceptors (Lipinski definition) is 3. The number of nitrogens with zero attached hydrogens (tertiary/aromatic N) is 2. The molecule has 2 aromatic rings. The van der Waals surface area contributed by atoms with Crippen molar-refractivity contribution in [2.75, 3.05) is 0 Å². The Morgan fingerprint density at radius 2 is 1.78 bits per heavy atom. The topological polar surface area (TPSA) is 42.9 Å². The Kier molecular flexibility index (Phi) is 10.3. The summed E-state index contributed by atoms with van der Waals surface area (Å²) >= 11 is 1.62. The van der Waals surface area contributed by atoms with Crippen molar-refractivity contribution in [2.45, 2.75) is 6.42 Å². The second-order valence-corrected chi connectivity index (χ2v) is 2.98. The van der Waals surface area contributed by atoms with Gasteiger partial charge in [0.2, 0.25) is 0 Å². The van der Waals surface area contributed by atoms with Gasteiger partial charge in [0.25, 0.3) is 0 Å². The van der Waals surface area contributed by atoms with E-state index in [-0.39, 0.29) is 0 Å². The molecule has 2 aromatic heterocycles. The average molecular weight is 350 g/mol. The van der Waals surface area contributed by atoms with Gasteiger partial charge in [-0.3, -0.25) is 16.8 Å². The third-order valence-electron chi connectivity index (χ3n) is 1.99. The van der Waals surface area contributed by atoms with Crippen molar-refractivity contribution in [1.82, 2.24) is 9.97 Å². The number of pyridine rings is 2. The van der Waals surface area contributed by atoms with E-state index >= 15 is 0 Å². The second-order valence-electron chi connectivity index (χ2n) is 2.98. The van der Waals surface area contributed by atoms with Crippen molar-refractivity contribution in [2.24, 2.45) is 0 Å². The number of halogens is 1. The van der Waals surface area contributed by atoms with Crippen molar-refractivity contribution in [3.63, 3.8) is 0 Å². The molecule has 0 unspecified atom stereocenters. The van der Waals surface area contributed by atoms with Crippen LogP contribution in [0.2, 0.25) is 0 Å². The maximum atomic E-state index is 7.75. The van der Waals surface area contributed by atoms with Crippen molar-refractivity contribution in [1.29, 1.82) is 0 Å². The van der Waals surface area contributed by atoms with Gasteiger partial charge in [-0.1, -0.05) is 12.1 Å². The van der Waals surface area contributed by atoms with Crippen LogP contribution in [0, 0.1) is 6.92 Å². The van der Waals surface area contributed by atoms with E-state index in [4.69, 9.17) is 4.79 Å². The second kappa shape index (κ2) is 11.0. The monoisotopic (exact) mass is 350 g/mol. The molecule has 3 nitrogen and oxygen atoms in total. The molecule has 5 heteroatoms. The molecule has 0 saturated carbocycles. The zero-order chi connectivity index (χ0) is 13.8. The van der Waals surface area contributed by atoms with Crippen LogP contribution >= 0.6 is 9.69 Å². The molecule has 18 heavy (non-hydrogen) atoms. The summed E-state index contributed by atoms with van der Waals surface area (Å²) < 4.78 is 0. The van der Waals surface area contributed by atoms with Crippen LogP contribution in [0.5, 0.6) is 0 Å². The van der Waals surface area contributed by atoms with Gasteiger partial charge in [0.15, 0.2) is 0 Å². The Bertz CT molecular complexity index is 440. The molecule has 2 rings (SSSR count). The molecule has 2 heterocycles. The van der Waals surface area contributed by atoms with Gasteiger partial charge in [-0.25, -0.2) is 0 Å². The summed E-state index contributed by atoms with van der Waals surface area (Å²) in [6, 6.07) is 11.7. The predicted molar refractivity (Wildman–Crippen MR) is 70.5 cm³/mol. The first-order chi connectivity index (χ1) is 8.90. The normalized spacial score (nSPS) is 8.39. The Morgan fingerprint density at radius 3 is 2.33 bits per heavy atom. The quantitative estimate of drug-likeness (QED) is 0.475. The molecule has 0 aliphatic carbocycles. The summed E-state index contributed by atoms with van der Waals surface area (Å²) in [6.45, 7) is 7.06. The van der Waals surface area contributed by atoms with Gasteiger partial charge in [-0.05, 0) is 24.3 Å². The fourth-order valence-corrected chi connectivity index (χ4v) is 1.28. The zero-order valence-electron chi connectivity index (χ0n) is 9.59. The fraction of sp³-hybridized carbons (Fsp3) is 0.0769. The Labute approximate surface area is 121 Å². The van der Waals surface area contributed by atoms with Gasteiger partial charge < -0.3 is 11.7 Å². The van der Waals surface area contributed by atoms with E-state index in [1.165, 1.54) is 0 Å². The minimum absolute atomic E-state index is 0.709. The molecule has 96 valence electrons. The third-order valence-corrected chi connectivity index (χ3v) is 1.99. The van der Waals surface area contributed by atoms with E-state index in [1.807, 2.05) is 36.4 Å². The number of aromatic nitrogens is 2. The van der Waals surface area contributed by atoms with Crippen molar-refractivity contribution in [3.05, 3.63) is 55.2 Å². The molecule has 0 N–H and O–H groups in total. The molecule has 0 aromatic carbocycles. The summed E-state index contributed by atoms with van der Waals surface area (Å²) in [6.07, 6.45) is 2.48. The molecule has 0 atom stereocenters. The molecule has 0 fully saturated rings. The van der Waals surface area contributed by atoms with E-state index in [2.05, 4.69) is 33.4 Å². The van der Waals surface area contributed by atoms with Gasteiger partial charge >= 0.3 is 27.0 Å². The number of hydrogen-bond donors (Lipinski definition) is 0. The first-order valence-electron chi connectivity index (χ1n) is 4.94. The Balaban J connectivity index is 0.000000659. The van der Waals surface area contributed by atoms with Crippen LogP contribution in [-0.2, 0) is 28.5 Å². The molecular weight excluding hydrogens is 337 g/mol. The fourth-order valence-electron chi connectivity index (χ4n) is 1.28. The van der Waals surface area contributed by atoms with Crippen LogP contribution in [0.25, 0.3) is 11.4 Å². The molecule has 0 spiro atoms. The molecule has 0 amide bonds. The van der Waals surface area contributed by atoms with Crippen LogP contribution in [0.1, 0.15) is 5.69 Å². The van der Waals surface area contributed by atoms with Crippen LogP contribution in [0.3, 0.4) is 0 Å². The van der Waals surface area contributed by atoms with Crippen LogP contribution in [0.4, 0.5) is 0 Å². The molecule has 0 bridgehead atoms. The Hall–Kier alpha value is -1.12. The van der Waals surface area contributed by atoms with Gasteiger partial charge in [0.05, 0.1) is 11.4 Å². The van der Waals surface area contributed by atoms with E-state index in [0.29, 0.717) is 6.42 Å². The van der Waals surface area contributed by atoms with Crippen molar-refractivity contribution < 1.29 is 22.1 Å². The van der Waals surface area contributed by atoms with Crippen LogP contribution < -0.4 is 0 Å². The molecular formula is C13H13ClN2ORu. The number of carbonyl (C=O) groups excluding carboxylic acids is 1. The average Bonchev–Trinajstić information content (AvgIpc) is 2.52. The third kappa shape index (κ3) is 5.48. The van der Waals surface area contributed by atoms with Crippen LogP contribution in [-0.4, -0.2) is 16.8 Å². The van der Waals surface area contributed by atoms with Gasteiger partial charge in [-0.15, -0.1) is 6.42 Å². The SMILES string of the molecule is [CH-]=O.[CH2-]Cc1cccc(-c2ccccn2)n1.[Cl][RuH+2]. The van der Waals surface area contributed by atoms with Gasteiger partial charge in [0.1, 0.15) is 0 Å².